The van der Waals surface area contributed by atoms with E-state index in [2.05, 4.69) is 6.58 Å². The molecule has 0 heterocycles. The molecule has 0 N–H and O–H groups in total. The molecule has 1 atom stereocenters. The maximum atomic E-state index is 10.9. The molecule has 0 radical (unpaired) electrons. The molecule has 0 amide bonds. The Labute approximate surface area is 85.5 Å². The van der Waals surface area contributed by atoms with Gasteiger partial charge in [-0.2, -0.15) is 0 Å². The number of rotatable bonds is 6. The average Bonchev–Trinajstić information content (AvgIpc) is 2.11. The molecule has 0 saturated carbocycles. The second kappa shape index (κ2) is 6.56. The van der Waals surface area contributed by atoms with Gasteiger partial charge < -0.3 is 9.47 Å². The molecule has 82 valence electrons. The van der Waals surface area contributed by atoms with Gasteiger partial charge in [0.2, 0.25) is 0 Å². The van der Waals surface area contributed by atoms with Gasteiger partial charge in [0, 0.05) is 5.57 Å². The molecule has 0 aliphatic carbocycles. The van der Waals surface area contributed by atoms with Crippen LogP contribution in [0.5, 0.6) is 0 Å². The molecule has 0 aromatic carbocycles. The first-order chi connectivity index (χ1) is 6.45. The third-order valence-corrected chi connectivity index (χ3v) is 1.75. The summed E-state index contributed by atoms with van der Waals surface area (Å²) < 4.78 is 10.2. The van der Waals surface area contributed by atoms with Crippen LogP contribution in [0.1, 0.15) is 13.8 Å². The number of ether oxygens (including phenoxy) is 2. The third-order valence-electron chi connectivity index (χ3n) is 1.75. The van der Waals surface area contributed by atoms with Gasteiger partial charge >= 0.3 is 5.97 Å². The van der Waals surface area contributed by atoms with Gasteiger partial charge in [0.1, 0.15) is 12.8 Å². The van der Waals surface area contributed by atoms with Gasteiger partial charge in [-0.15, -0.1) is 0 Å². The van der Waals surface area contributed by atoms with Crippen LogP contribution >= 0.6 is 0 Å². The molecule has 0 aromatic rings. The van der Waals surface area contributed by atoms with Gasteiger partial charge in [-0.1, -0.05) is 6.58 Å². The van der Waals surface area contributed by atoms with E-state index < -0.39 is 0 Å². The molecule has 1 unspecified atom stereocenters. The molecule has 0 aromatic heterocycles. The lowest BCUT2D eigenvalue weighted by atomic mass is 10.4. The lowest BCUT2D eigenvalue weighted by Gasteiger charge is -2.19. The van der Waals surface area contributed by atoms with Crippen LogP contribution in [0.25, 0.3) is 0 Å². The Morgan fingerprint density at radius 2 is 2.00 bits per heavy atom. The van der Waals surface area contributed by atoms with Gasteiger partial charge in [-0.05, 0) is 27.9 Å². The zero-order valence-electron chi connectivity index (χ0n) is 9.37. The quantitative estimate of drug-likeness (QED) is 0.278. The average molecular weight is 201 g/mol. The smallest absolute Gasteiger partial charge is 0.333 e. The predicted octanol–water partition coefficient (Wildman–Crippen LogP) is 1.03. The summed E-state index contributed by atoms with van der Waals surface area (Å²) in [5, 5.41) is 0. The maximum Gasteiger partial charge on any atom is 0.333 e. The van der Waals surface area contributed by atoms with E-state index in [1.54, 1.807) is 6.92 Å². The topological polar surface area (TPSA) is 38.8 Å². The summed E-state index contributed by atoms with van der Waals surface area (Å²) >= 11 is 0. The van der Waals surface area contributed by atoms with Crippen molar-refractivity contribution >= 4 is 5.97 Å². The van der Waals surface area contributed by atoms with Crippen molar-refractivity contribution in [1.82, 2.24) is 4.90 Å². The molecule has 4 nitrogen and oxygen atoms in total. The van der Waals surface area contributed by atoms with E-state index in [1.807, 2.05) is 25.9 Å². The van der Waals surface area contributed by atoms with Crippen LogP contribution in [-0.4, -0.2) is 44.4 Å². The highest BCUT2D eigenvalue weighted by atomic mass is 16.6. The van der Waals surface area contributed by atoms with Gasteiger partial charge in [0.15, 0.2) is 0 Å². The first kappa shape index (κ1) is 13.1. The van der Waals surface area contributed by atoms with Crippen LogP contribution in [0.2, 0.25) is 0 Å². The number of carbonyl (C=O) groups is 1. The molecular weight excluding hydrogens is 182 g/mol. The zero-order chi connectivity index (χ0) is 11.1. The van der Waals surface area contributed by atoms with Crippen molar-refractivity contribution in [3.8, 4) is 0 Å². The van der Waals surface area contributed by atoms with Crippen LogP contribution in [-0.2, 0) is 14.3 Å². The standard InChI is InChI=1S/C10H19NO3/c1-8(2)10(12)14-7-6-13-9(3)11(4)5/h9H,1,6-7H2,2-5H3. The summed E-state index contributed by atoms with van der Waals surface area (Å²) in [6.07, 6.45) is 0.0264. The van der Waals surface area contributed by atoms with Crippen LogP contribution in [0, 0.1) is 0 Å². The van der Waals surface area contributed by atoms with Crippen LogP contribution in [0.15, 0.2) is 12.2 Å². The van der Waals surface area contributed by atoms with Crippen molar-refractivity contribution in [2.75, 3.05) is 27.3 Å². The number of hydrogen-bond acceptors (Lipinski definition) is 4. The zero-order valence-corrected chi connectivity index (χ0v) is 9.37. The summed E-state index contributed by atoms with van der Waals surface area (Å²) in [6, 6.07) is 0. The Morgan fingerprint density at radius 1 is 1.43 bits per heavy atom. The first-order valence-electron chi connectivity index (χ1n) is 4.55. The van der Waals surface area contributed by atoms with Crippen molar-refractivity contribution in [2.45, 2.75) is 20.1 Å². The maximum absolute atomic E-state index is 10.9. The summed E-state index contributed by atoms with van der Waals surface area (Å²) in [7, 11) is 3.84. The Kier molecular flexibility index (Phi) is 6.16. The Balaban J connectivity index is 3.47. The van der Waals surface area contributed by atoms with E-state index in [4.69, 9.17) is 9.47 Å². The minimum atomic E-state index is -0.369. The van der Waals surface area contributed by atoms with E-state index in [1.165, 1.54) is 0 Å². The van der Waals surface area contributed by atoms with E-state index >= 15 is 0 Å². The minimum Gasteiger partial charge on any atom is -0.460 e. The molecule has 0 fully saturated rings. The van der Waals surface area contributed by atoms with Crippen LogP contribution in [0.4, 0.5) is 0 Å². The summed E-state index contributed by atoms with van der Waals surface area (Å²) in [4.78, 5) is 12.9. The fourth-order valence-corrected chi connectivity index (χ4v) is 0.625. The van der Waals surface area contributed by atoms with E-state index in [0.29, 0.717) is 12.2 Å². The van der Waals surface area contributed by atoms with E-state index in [9.17, 15) is 4.79 Å². The van der Waals surface area contributed by atoms with Gasteiger partial charge in [-0.25, -0.2) is 4.79 Å². The molecule has 0 saturated heterocycles. The molecule has 0 spiro atoms. The van der Waals surface area contributed by atoms with Crippen molar-refractivity contribution in [3.05, 3.63) is 12.2 Å². The van der Waals surface area contributed by atoms with Gasteiger partial charge in [0.05, 0.1) is 6.61 Å². The third kappa shape index (κ3) is 5.72. The SMILES string of the molecule is C=C(C)C(=O)OCCOC(C)N(C)C. The fourth-order valence-electron chi connectivity index (χ4n) is 0.625. The van der Waals surface area contributed by atoms with Crippen molar-refractivity contribution in [1.29, 1.82) is 0 Å². The Morgan fingerprint density at radius 3 is 2.43 bits per heavy atom. The summed E-state index contributed by atoms with van der Waals surface area (Å²) in [5.74, 6) is -0.369. The highest BCUT2D eigenvalue weighted by Crippen LogP contribution is 1.95. The number of nitrogens with zero attached hydrogens (tertiary/aromatic N) is 1. The second-order valence-corrected chi connectivity index (χ2v) is 3.35. The van der Waals surface area contributed by atoms with Crippen LogP contribution in [0.3, 0.4) is 0 Å². The fraction of sp³-hybridized carbons (Fsp3) is 0.700. The Hall–Kier alpha value is -0.870. The normalized spacial score (nSPS) is 12.6. The lowest BCUT2D eigenvalue weighted by molar-refractivity contribution is -0.142. The molecule has 14 heavy (non-hydrogen) atoms. The molecular formula is C10H19NO3. The highest BCUT2D eigenvalue weighted by molar-refractivity contribution is 5.86. The van der Waals surface area contributed by atoms with Gasteiger partial charge in [0.25, 0.3) is 0 Å². The minimum absolute atomic E-state index is 0.0264. The molecule has 4 heteroatoms. The largest absolute Gasteiger partial charge is 0.460 e. The molecule has 0 aliphatic heterocycles. The number of esters is 1. The van der Waals surface area contributed by atoms with Crippen molar-refractivity contribution < 1.29 is 14.3 Å². The number of carbonyl (C=O) groups excluding carboxylic acids is 1. The van der Waals surface area contributed by atoms with E-state index in [0.717, 1.165) is 0 Å². The number of hydrogen-bond donors (Lipinski definition) is 0. The predicted molar refractivity (Wildman–Crippen MR) is 54.9 cm³/mol. The molecule has 0 bridgehead atoms. The van der Waals surface area contributed by atoms with Crippen LogP contribution < -0.4 is 0 Å². The first-order valence-corrected chi connectivity index (χ1v) is 4.55. The Bertz CT molecular complexity index is 202. The second-order valence-electron chi connectivity index (χ2n) is 3.35. The van der Waals surface area contributed by atoms with Crippen molar-refractivity contribution in [3.63, 3.8) is 0 Å². The van der Waals surface area contributed by atoms with Crippen molar-refractivity contribution in [2.24, 2.45) is 0 Å². The molecule has 0 aliphatic rings. The summed E-state index contributed by atoms with van der Waals surface area (Å²) in [5.41, 5.74) is 0.408. The van der Waals surface area contributed by atoms with E-state index in [-0.39, 0.29) is 18.8 Å². The highest BCUT2D eigenvalue weighted by Gasteiger charge is 2.05. The molecule has 0 rings (SSSR count). The lowest BCUT2D eigenvalue weighted by Crippen LogP contribution is -2.28. The monoisotopic (exact) mass is 201 g/mol. The van der Waals surface area contributed by atoms with Gasteiger partial charge in [-0.3, -0.25) is 4.90 Å². The summed E-state index contributed by atoms with van der Waals surface area (Å²) in [6.45, 7) is 7.69.